The van der Waals surface area contributed by atoms with Crippen LogP contribution in [0.2, 0.25) is 0 Å². The highest BCUT2D eigenvalue weighted by Crippen LogP contribution is 2.26. The van der Waals surface area contributed by atoms with E-state index in [0.717, 1.165) is 22.7 Å². The molecule has 2 heterocycles. The fraction of sp³-hybridized carbons (Fsp3) is 0.167. The molecular weight excluding hydrogens is 264 g/mol. The molecule has 1 aliphatic heterocycles. The predicted octanol–water partition coefficient (Wildman–Crippen LogP) is 1.20. The number of benzene rings is 1. The molecule has 2 aromatic rings. The second-order valence-corrected chi connectivity index (χ2v) is 6.26. The Bertz CT molecular complexity index is 789. The third kappa shape index (κ3) is 2.12. The normalized spacial score (nSPS) is 19.2. The highest BCUT2D eigenvalue weighted by Gasteiger charge is 2.21. The molecular formula is C12H12N4O2S. The van der Waals surface area contributed by atoms with E-state index in [1.165, 1.54) is 0 Å². The minimum absolute atomic E-state index is 0.106. The van der Waals surface area contributed by atoms with Crippen LogP contribution in [-0.2, 0) is 9.84 Å². The molecule has 6 nitrogen and oxygen atoms in total. The number of nitrogens with zero attached hydrogens (tertiary/aromatic N) is 2. The van der Waals surface area contributed by atoms with Crippen LogP contribution in [0.4, 0.5) is 0 Å². The monoisotopic (exact) mass is 276 g/mol. The van der Waals surface area contributed by atoms with Crippen LogP contribution in [0.5, 0.6) is 0 Å². The minimum Gasteiger partial charge on any atom is -0.361 e. The van der Waals surface area contributed by atoms with Gasteiger partial charge in [0.25, 0.3) is 0 Å². The average Bonchev–Trinajstić information content (AvgIpc) is 2.82. The van der Waals surface area contributed by atoms with Crippen molar-refractivity contribution in [3.63, 3.8) is 0 Å². The molecule has 0 spiro atoms. The smallest absolute Gasteiger partial charge is 0.237 e. The first kappa shape index (κ1) is 11.9. The molecule has 2 N–H and O–H groups in total. The van der Waals surface area contributed by atoms with Crippen molar-refractivity contribution in [3.05, 3.63) is 36.0 Å². The molecule has 19 heavy (non-hydrogen) atoms. The molecule has 3 rings (SSSR count). The van der Waals surface area contributed by atoms with Gasteiger partial charge in [0.2, 0.25) is 15.0 Å². The van der Waals surface area contributed by atoms with Crippen LogP contribution in [0.3, 0.4) is 0 Å². The Labute approximate surface area is 110 Å². The maximum absolute atomic E-state index is 11.5. The van der Waals surface area contributed by atoms with Gasteiger partial charge in [0.05, 0.1) is 6.21 Å². The summed E-state index contributed by atoms with van der Waals surface area (Å²) in [4.78, 5) is 7.33. The zero-order valence-electron chi connectivity index (χ0n) is 10.2. The number of H-pyrrole nitrogens is 1. The Morgan fingerprint density at radius 2 is 2.05 bits per heavy atom. The third-order valence-electron chi connectivity index (χ3n) is 2.92. The summed E-state index contributed by atoms with van der Waals surface area (Å²) >= 11 is 0. The van der Waals surface area contributed by atoms with Crippen LogP contribution in [0, 0.1) is 0 Å². The van der Waals surface area contributed by atoms with Crippen LogP contribution < -0.4 is 5.43 Å². The summed E-state index contributed by atoms with van der Waals surface area (Å²) in [5.41, 5.74) is 4.31. The molecule has 1 atom stereocenters. The quantitative estimate of drug-likeness (QED) is 0.820. The molecule has 98 valence electrons. The van der Waals surface area contributed by atoms with Crippen molar-refractivity contribution in [2.45, 2.75) is 6.04 Å². The second-order valence-electron chi connectivity index (χ2n) is 4.33. The Balaban J connectivity index is 2.09. The van der Waals surface area contributed by atoms with Gasteiger partial charge in [0.15, 0.2) is 0 Å². The Morgan fingerprint density at radius 3 is 2.84 bits per heavy atom. The lowest BCUT2D eigenvalue weighted by Gasteiger charge is -2.14. The van der Waals surface area contributed by atoms with E-state index in [2.05, 4.69) is 20.5 Å². The van der Waals surface area contributed by atoms with E-state index in [0.29, 0.717) is 0 Å². The van der Waals surface area contributed by atoms with E-state index in [4.69, 9.17) is 0 Å². The molecule has 0 fully saturated rings. The van der Waals surface area contributed by atoms with Crippen molar-refractivity contribution in [1.82, 2.24) is 10.4 Å². The lowest BCUT2D eigenvalue weighted by Crippen LogP contribution is -2.30. The number of aromatic amines is 1. The zero-order valence-corrected chi connectivity index (χ0v) is 11.0. The van der Waals surface area contributed by atoms with E-state index in [1.807, 2.05) is 30.5 Å². The molecule has 0 aliphatic carbocycles. The maximum atomic E-state index is 11.5. The van der Waals surface area contributed by atoms with Crippen LogP contribution in [0.1, 0.15) is 11.6 Å². The maximum Gasteiger partial charge on any atom is 0.237 e. The molecule has 1 aliphatic rings. The van der Waals surface area contributed by atoms with Gasteiger partial charge >= 0.3 is 0 Å². The molecule has 0 radical (unpaired) electrons. The topological polar surface area (TPSA) is 86.7 Å². The molecule has 0 saturated heterocycles. The average molecular weight is 276 g/mol. The van der Waals surface area contributed by atoms with Gasteiger partial charge in [-0.2, -0.15) is 5.10 Å². The van der Waals surface area contributed by atoms with E-state index >= 15 is 0 Å². The van der Waals surface area contributed by atoms with Gasteiger partial charge in [0.1, 0.15) is 6.04 Å². The minimum atomic E-state index is -3.39. The summed E-state index contributed by atoms with van der Waals surface area (Å²) < 4.78 is 23.0. The molecule has 7 heteroatoms. The van der Waals surface area contributed by atoms with Gasteiger partial charge in [0, 0.05) is 28.9 Å². The molecule has 1 aromatic heterocycles. The number of aliphatic imine (C=N–C) groups is 1. The molecule has 0 saturated carbocycles. The standard InChI is InChI=1S/C12H12N4O2S/c1-19(17,18)12-15-11(7-14-16-12)9-6-13-10-5-3-2-4-8(9)10/h2-7,11,13H,1H3,(H,15,16). The number of hydrazone groups is 1. The number of hydrogen-bond acceptors (Lipinski definition) is 5. The fourth-order valence-electron chi connectivity index (χ4n) is 2.02. The molecule has 0 bridgehead atoms. The predicted molar refractivity (Wildman–Crippen MR) is 74.9 cm³/mol. The van der Waals surface area contributed by atoms with Crippen molar-refractivity contribution in [2.24, 2.45) is 10.1 Å². The van der Waals surface area contributed by atoms with E-state index in [9.17, 15) is 8.42 Å². The summed E-state index contributed by atoms with van der Waals surface area (Å²) in [5.74, 6) is 0. The van der Waals surface area contributed by atoms with Crippen LogP contribution in [0.25, 0.3) is 10.9 Å². The van der Waals surface area contributed by atoms with E-state index < -0.39 is 15.9 Å². The van der Waals surface area contributed by atoms with Crippen molar-refractivity contribution < 1.29 is 8.42 Å². The summed E-state index contributed by atoms with van der Waals surface area (Å²) in [6, 6.07) is 7.39. The summed E-state index contributed by atoms with van der Waals surface area (Å²) in [6.07, 6.45) is 4.52. The van der Waals surface area contributed by atoms with E-state index in [1.54, 1.807) is 6.21 Å². The first-order chi connectivity index (χ1) is 9.05. The van der Waals surface area contributed by atoms with Crippen LogP contribution in [0.15, 0.2) is 40.6 Å². The SMILES string of the molecule is CS(=O)(=O)C1=NC(c2c[nH]c3ccccc23)C=NN1. The van der Waals surface area contributed by atoms with Gasteiger partial charge in [-0.15, -0.1) is 0 Å². The lowest BCUT2D eigenvalue weighted by atomic mass is 10.1. The van der Waals surface area contributed by atoms with Gasteiger partial charge in [-0.05, 0) is 6.07 Å². The first-order valence-electron chi connectivity index (χ1n) is 5.69. The van der Waals surface area contributed by atoms with Gasteiger partial charge in [-0.25, -0.2) is 13.4 Å². The van der Waals surface area contributed by atoms with Crippen molar-refractivity contribution >= 4 is 32.1 Å². The third-order valence-corrected chi connectivity index (χ3v) is 3.82. The van der Waals surface area contributed by atoms with Crippen molar-refractivity contribution in [3.8, 4) is 0 Å². The number of fused-ring (bicyclic) bond motifs is 1. The van der Waals surface area contributed by atoms with Crippen molar-refractivity contribution in [1.29, 1.82) is 0 Å². The number of para-hydroxylation sites is 1. The Hall–Kier alpha value is -2.15. The molecule has 1 unspecified atom stereocenters. The lowest BCUT2D eigenvalue weighted by molar-refractivity contribution is 0.610. The molecule has 0 amide bonds. The second kappa shape index (κ2) is 4.20. The zero-order chi connectivity index (χ0) is 13.5. The van der Waals surface area contributed by atoms with Crippen molar-refractivity contribution in [2.75, 3.05) is 6.26 Å². The highest BCUT2D eigenvalue weighted by molar-refractivity contribution is 8.05. The highest BCUT2D eigenvalue weighted by atomic mass is 32.2. The van der Waals surface area contributed by atoms with Crippen LogP contribution >= 0.6 is 0 Å². The van der Waals surface area contributed by atoms with Crippen LogP contribution in [-0.4, -0.2) is 31.0 Å². The van der Waals surface area contributed by atoms with E-state index in [-0.39, 0.29) is 5.17 Å². The summed E-state index contributed by atoms with van der Waals surface area (Å²) in [6.45, 7) is 0. The van der Waals surface area contributed by atoms with Gasteiger partial charge in [-0.3, -0.25) is 5.43 Å². The number of aromatic nitrogens is 1. The first-order valence-corrected chi connectivity index (χ1v) is 7.58. The van der Waals surface area contributed by atoms with Gasteiger partial charge < -0.3 is 4.98 Å². The Kier molecular flexibility index (Phi) is 2.63. The fourth-order valence-corrected chi connectivity index (χ4v) is 2.54. The molecule has 1 aromatic carbocycles. The number of hydrogen-bond donors (Lipinski definition) is 2. The number of nitrogens with one attached hydrogen (secondary N) is 2. The number of sulfone groups is 1. The number of amidine groups is 1. The summed E-state index contributed by atoms with van der Waals surface area (Å²) in [5, 5.41) is 4.78. The summed E-state index contributed by atoms with van der Waals surface area (Å²) in [7, 11) is -3.39. The van der Waals surface area contributed by atoms with Gasteiger partial charge in [-0.1, -0.05) is 18.2 Å². The largest absolute Gasteiger partial charge is 0.361 e. The Morgan fingerprint density at radius 1 is 1.26 bits per heavy atom. The number of rotatable bonds is 1.